The Bertz CT molecular complexity index is 987. The molecule has 0 radical (unpaired) electrons. The molecule has 0 unspecified atom stereocenters. The first-order valence-electron chi connectivity index (χ1n) is 8.47. The Morgan fingerprint density at radius 1 is 1.38 bits per heavy atom. The topological polar surface area (TPSA) is 115 Å². The van der Waals surface area contributed by atoms with E-state index in [1.807, 2.05) is 0 Å². The number of nitrogens with zero attached hydrogens (tertiary/aromatic N) is 2. The fraction of sp³-hybridized carbons (Fsp3) is 0.222. The van der Waals surface area contributed by atoms with Gasteiger partial charge in [0, 0.05) is 13.0 Å². The quantitative estimate of drug-likeness (QED) is 0.433. The van der Waals surface area contributed by atoms with Gasteiger partial charge in [-0.15, -0.1) is 0 Å². The zero-order valence-electron chi connectivity index (χ0n) is 15.1. The van der Waals surface area contributed by atoms with Crippen molar-refractivity contribution in [2.45, 2.75) is 13.0 Å². The van der Waals surface area contributed by atoms with Crippen molar-refractivity contribution in [3.8, 4) is 0 Å². The van der Waals surface area contributed by atoms with E-state index in [1.165, 1.54) is 36.1 Å². The van der Waals surface area contributed by atoms with E-state index in [9.17, 15) is 24.0 Å². The summed E-state index contributed by atoms with van der Waals surface area (Å²) in [4.78, 5) is 36.5. The van der Waals surface area contributed by atoms with E-state index in [0.717, 1.165) is 12.3 Å². The fourth-order valence-corrected chi connectivity index (χ4v) is 2.80. The molecule has 0 aliphatic carbocycles. The summed E-state index contributed by atoms with van der Waals surface area (Å²) in [5.74, 6) is -1.89. The van der Waals surface area contributed by atoms with Crippen LogP contribution in [0.1, 0.15) is 17.3 Å². The number of carbonyl (C=O) groups excluding carboxylic acids is 3. The van der Waals surface area contributed by atoms with Crippen LogP contribution in [0.2, 0.25) is 5.15 Å². The molecule has 29 heavy (non-hydrogen) atoms. The third kappa shape index (κ3) is 4.72. The number of hydrogen-bond acceptors (Lipinski definition) is 5. The van der Waals surface area contributed by atoms with Crippen LogP contribution in [0.3, 0.4) is 0 Å². The lowest BCUT2D eigenvalue weighted by molar-refractivity contribution is -0.602. The number of nitrogens with one attached hydrogen (secondary N) is 2. The number of anilines is 2. The van der Waals surface area contributed by atoms with Gasteiger partial charge < -0.3 is 20.6 Å². The van der Waals surface area contributed by atoms with Gasteiger partial charge in [0.25, 0.3) is 11.1 Å². The van der Waals surface area contributed by atoms with Crippen LogP contribution in [0, 0.1) is 11.0 Å². The van der Waals surface area contributed by atoms with Crippen molar-refractivity contribution in [1.29, 1.82) is 0 Å². The van der Waals surface area contributed by atoms with Crippen LogP contribution in [0.4, 0.5) is 20.6 Å². The lowest BCUT2D eigenvalue weighted by Gasteiger charge is -2.14. The molecule has 2 aromatic rings. The van der Waals surface area contributed by atoms with Crippen LogP contribution in [0.15, 0.2) is 36.5 Å². The van der Waals surface area contributed by atoms with E-state index >= 15 is 0 Å². The fourth-order valence-electron chi connectivity index (χ4n) is 2.69. The molecule has 1 fully saturated rings. The molecule has 2 heterocycles. The second-order valence-electron chi connectivity index (χ2n) is 6.24. The summed E-state index contributed by atoms with van der Waals surface area (Å²) >= 11 is 5.61. The summed E-state index contributed by atoms with van der Waals surface area (Å²) in [6.45, 7) is 1.61. The van der Waals surface area contributed by atoms with Crippen LogP contribution >= 0.6 is 11.6 Å². The number of halogens is 2. The molecular weight excluding hydrogens is 407 g/mol. The Kier molecular flexibility index (Phi) is 5.83. The summed E-state index contributed by atoms with van der Waals surface area (Å²) in [6, 6.07) is 6.34. The highest BCUT2D eigenvalue weighted by Crippen LogP contribution is 2.24. The van der Waals surface area contributed by atoms with Gasteiger partial charge in [-0.05, 0) is 35.9 Å². The van der Waals surface area contributed by atoms with Crippen molar-refractivity contribution in [2.24, 2.45) is 0 Å². The first kappa shape index (κ1) is 20.3. The van der Waals surface area contributed by atoms with Gasteiger partial charge in [0.05, 0.1) is 24.3 Å². The SMILES string of the molecule is CC(=O)NC[C@H]1CN(c2ccc(C(=O)Nc3ccc(Cl)[n+]([O-])c3)c(F)c2)C(=O)O1. The predicted molar refractivity (Wildman–Crippen MR) is 101 cm³/mol. The molecule has 0 saturated carbocycles. The largest absolute Gasteiger partial charge is 0.618 e. The number of rotatable bonds is 5. The summed E-state index contributed by atoms with van der Waals surface area (Å²) < 4.78 is 20.0. The van der Waals surface area contributed by atoms with Crippen molar-refractivity contribution in [2.75, 3.05) is 23.3 Å². The van der Waals surface area contributed by atoms with Gasteiger partial charge in [-0.25, -0.2) is 9.18 Å². The average molecular weight is 423 g/mol. The van der Waals surface area contributed by atoms with E-state index in [0.29, 0.717) is 4.73 Å². The highest BCUT2D eigenvalue weighted by molar-refractivity contribution is 6.28. The number of hydrogen-bond donors (Lipinski definition) is 2. The first-order chi connectivity index (χ1) is 13.7. The van der Waals surface area contributed by atoms with Crippen molar-refractivity contribution in [1.82, 2.24) is 5.32 Å². The predicted octanol–water partition coefficient (Wildman–Crippen LogP) is 1.83. The van der Waals surface area contributed by atoms with E-state index in [-0.39, 0.29) is 41.1 Å². The van der Waals surface area contributed by atoms with Crippen LogP contribution in [0.5, 0.6) is 0 Å². The zero-order chi connectivity index (χ0) is 21.1. The second kappa shape index (κ2) is 8.31. The molecule has 1 aliphatic rings. The van der Waals surface area contributed by atoms with Crippen molar-refractivity contribution in [3.63, 3.8) is 0 Å². The highest BCUT2D eigenvalue weighted by Gasteiger charge is 2.33. The van der Waals surface area contributed by atoms with E-state index in [4.69, 9.17) is 16.3 Å². The number of cyclic esters (lactones) is 1. The van der Waals surface area contributed by atoms with Gasteiger partial charge in [-0.1, -0.05) is 0 Å². The molecular formula is C18H16ClFN4O5. The van der Waals surface area contributed by atoms with E-state index < -0.39 is 23.9 Å². The number of benzene rings is 1. The van der Waals surface area contributed by atoms with Crippen molar-refractivity contribution in [3.05, 3.63) is 58.3 Å². The molecule has 1 aliphatic heterocycles. The molecule has 2 N–H and O–H groups in total. The Morgan fingerprint density at radius 2 is 2.14 bits per heavy atom. The molecule has 1 aromatic carbocycles. The van der Waals surface area contributed by atoms with Gasteiger partial charge in [-0.2, -0.15) is 4.73 Å². The standard InChI is InChI=1S/C18H16ClFN4O5/c1-10(25)21-7-13-9-23(18(27)29-13)12-3-4-14(15(20)6-12)17(26)22-11-2-5-16(19)24(28)8-11/h2-6,8,13H,7,9H2,1H3,(H,21,25)(H,22,26)/t13-/m0/s1. The monoisotopic (exact) mass is 422 g/mol. The summed E-state index contributed by atoms with van der Waals surface area (Å²) in [7, 11) is 0. The second-order valence-corrected chi connectivity index (χ2v) is 6.63. The highest BCUT2D eigenvalue weighted by atomic mass is 35.5. The van der Waals surface area contributed by atoms with Gasteiger partial charge in [-0.3, -0.25) is 14.5 Å². The molecule has 1 atom stereocenters. The van der Waals surface area contributed by atoms with Crippen LogP contribution in [-0.4, -0.2) is 37.1 Å². The van der Waals surface area contributed by atoms with Crippen molar-refractivity contribution < 1.29 is 28.2 Å². The molecule has 3 rings (SSSR count). The Labute approximate surface area is 169 Å². The third-order valence-electron chi connectivity index (χ3n) is 4.09. The first-order valence-corrected chi connectivity index (χ1v) is 8.84. The summed E-state index contributed by atoms with van der Waals surface area (Å²) in [5.41, 5.74) is 0.0728. The number of ether oxygens (including phenoxy) is 1. The molecule has 1 aromatic heterocycles. The van der Waals surface area contributed by atoms with Crippen LogP contribution < -0.4 is 20.3 Å². The minimum absolute atomic E-state index is 0.0761. The maximum absolute atomic E-state index is 14.5. The Morgan fingerprint density at radius 3 is 2.79 bits per heavy atom. The lowest BCUT2D eigenvalue weighted by atomic mass is 10.1. The number of amides is 3. The zero-order valence-corrected chi connectivity index (χ0v) is 15.9. The van der Waals surface area contributed by atoms with Gasteiger partial charge in [0.15, 0.2) is 0 Å². The third-order valence-corrected chi connectivity index (χ3v) is 4.38. The number of pyridine rings is 1. The molecule has 9 nitrogen and oxygen atoms in total. The average Bonchev–Trinajstić information content (AvgIpc) is 3.03. The van der Waals surface area contributed by atoms with Gasteiger partial charge in [0.2, 0.25) is 12.1 Å². The van der Waals surface area contributed by atoms with Gasteiger partial charge in [0.1, 0.15) is 17.6 Å². The minimum Gasteiger partial charge on any atom is -0.618 e. The number of carbonyl (C=O) groups is 3. The maximum atomic E-state index is 14.5. The normalized spacial score (nSPS) is 15.8. The smallest absolute Gasteiger partial charge is 0.414 e. The minimum atomic E-state index is -0.859. The van der Waals surface area contributed by atoms with Crippen LogP contribution in [-0.2, 0) is 9.53 Å². The molecule has 0 spiro atoms. The molecule has 3 amide bonds. The van der Waals surface area contributed by atoms with Gasteiger partial charge >= 0.3 is 6.09 Å². The van der Waals surface area contributed by atoms with Crippen LogP contribution in [0.25, 0.3) is 0 Å². The molecule has 11 heteroatoms. The number of aromatic nitrogens is 1. The Hall–Kier alpha value is -3.40. The summed E-state index contributed by atoms with van der Waals surface area (Å²) in [6.07, 6.45) is -0.207. The maximum Gasteiger partial charge on any atom is 0.414 e. The van der Waals surface area contributed by atoms with E-state index in [1.54, 1.807) is 0 Å². The molecule has 1 saturated heterocycles. The van der Waals surface area contributed by atoms with Crippen molar-refractivity contribution >= 4 is 40.9 Å². The lowest BCUT2D eigenvalue weighted by Crippen LogP contribution is -2.33. The summed E-state index contributed by atoms with van der Waals surface area (Å²) in [5, 5.41) is 16.3. The molecule has 0 bridgehead atoms. The van der Waals surface area contributed by atoms with E-state index in [2.05, 4.69) is 10.6 Å². The molecule has 152 valence electrons. The Balaban J connectivity index is 1.71.